The molecule has 0 unspecified atom stereocenters. The van der Waals surface area contributed by atoms with Gasteiger partial charge in [0.2, 0.25) is 5.43 Å². The number of hydrogen-bond donors (Lipinski definition) is 2. The molecule has 1 fully saturated rings. The van der Waals surface area contributed by atoms with Crippen LogP contribution in [0.2, 0.25) is 0 Å². The molecule has 0 aliphatic heterocycles. The van der Waals surface area contributed by atoms with Crippen molar-refractivity contribution in [2.75, 3.05) is 6.54 Å². The van der Waals surface area contributed by atoms with Crippen LogP contribution < -0.4 is 10.7 Å². The van der Waals surface area contributed by atoms with E-state index in [1.54, 1.807) is 6.07 Å². The first-order valence-electron chi connectivity index (χ1n) is 6.97. The molecule has 0 radical (unpaired) electrons. The van der Waals surface area contributed by atoms with Crippen molar-refractivity contribution in [1.29, 1.82) is 0 Å². The summed E-state index contributed by atoms with van der Waals surface area (Å²) in [5, 5.41) is 2.74. The van der Waals surface area contributed by atoms with Gasteiger partial charge in [-0.15, -0.1) is 0 Å². The summed E-state index contributed by atoms with van der Waals surface area (Å²) in [6, 6.07) is 1.74. The van der Waals surface area contributed by atoms with Gasteiger partial charge in [-0.2, -0.15) is 0 Å². The number of fused-ring (bicyclic) bond motifs is 1. The van der Waals surface area contributed by atoms with E-state index in [2.05, 4.69) is 17.2 Å². The number of nitrogens with zero attached hydrogens (tertiary/aromatic N) is 1. The minimum Gasteiger partial charge on any atom is -0.351 e. The van der Waals surface area contributed by atoms with Crippen LogP contribution in [0, 0.1) is 0 Å². The third-order valence-corrected chi connectivity index (χ3v) is 4.20. The highest BCUT2D eigenvalue weighted by molar-refractivity contribution is 5.97. The van der Waals surface area contributed by atoms with Gasteiger partial charge < -0.3 is 14.9 Å². The Kier molecular flexibility index (Phi) is 2.74. The van der Waals surface area contributed by atoms with E-state index in [9.17, 15) is 9.59 Å². The molecule has 0 atom stereocenters. The van der Waals surface area contributed by atoms with Crippen molar-refractivity contribution in [2.45, 2.75) is 32.1 Å². The Morgan fingerprint density at radius 3 is 2.80 bits per heavy atom. The van der Waals surface area contributed by atoms with Gasteiger partial charge in [-0.3, -0.25) is 9.59 Å². The van der Waals surface area contributed by atoms with E-state index < -0.39 is 0 Å². The molecule has 0 aromatic carbocycles. The number of pyridine rings is 1. The molecule has 5 nitrogen and oxygen atoms in total. The highest BCUT2D eigenvalue weighted by atomic mass is 16.2. The second kappa shape index (κ2) is 4.23. The molecule has 106 valence electrons. The monoisotopic (exact) mass is 273 g/mol. The van der Waals surface area contributed by atoms with E-state index >= 15 is 0 Å². The fourth-order valence-corrected chi connectivity index (χ4v) is 2.62. The fraction of sp³-hybridized carbons (Fsp3) is 0.467. The molecule has 20 heavy (non-hydrogen) atoms. The van der Waals surface area contributed by atoms with Crippen LogP contribution in [0.1, 0.15) is 42.7 Å². The molecular weight excluding hydrogens is 254 g/mol. The van der Waals surface area contributed by atoms with E-state index in [1.807, 2.05) is 24.7 Å². The van der Waals surface area contributed by atoms with Crippen molar-refractivity contribution in [3.8, 4) is 0 Å². The summed E-state index contributed by atoms with van der Waals surface area (Å²) in [5.74, 6) is -0.178. The number of carbonyl (C=O) groups is 1. The summed E-state index contributed by atoms with van der Waals surface area (Å²) in [6.45, 7) is 4.54. The maximum absolute atomic E-state index is 12.6. The summed E-state index contributed by atoms with van der Waals surface area (Å²) in [5.41, 5.74) is 2.61. The van der Waals surface area contributed by atoms with Crippen molar-refractivity contribution in [1.82, 2.24) is 14.9 Å². The van der Waals surface area contributed by atoms with E-state index in [1.165, 1.54) is 0 Å². The number of nitrogens with one attached hydrogen (secondary N) is 2. The average molecular weight is 273 g/mol. The first kappa shape index (κ1) is 13.0. The van der Waals surface area contributed by atoms with Gasteiger partial charge in [-0.25, -0.2) is 0 Å². The quantitative estimate of drug-likeness (QED) is 0.893. The first-order valence-corrected chi connectivity index (χ1v) is 6.97. The summed E-state index contributed by atoms with van der Waals surface area (Å²) < 4.78 is 1.93. The molecule has 1 saturated carbocycles. The normalized spacial score (nSPS) is 16.4. The van der Waals surface area contributed by atoms with Crippen LogP contribution >= 0.6 is 0 Å². The van der Waals surface area contributed by atoms with Crippen LogP contribution in [0.25, 0.3) is 11.0 Å². The van der Waals surface area contributed by atoms with Crippen LogP contribution in [0.3, 0.4) is 0 Å². The van der Waals surface area contributed by atoms with Gasteiger partial charge in [0, 0.05) is 25.4 Å². The number of rotatable bonds is 3. The van der Waals surface area contributed by atoms with E-state index in [0.717, 1.165) is 23.9 Å². The third-order valence-electron chi connectivity index (χ3n) is 4.20. The molecule has 5 heteroatoms. The van der Waals surface area contributed by atoms with Crippen LogP contribution in [0.5, 0.6) is 0 Å². The minimum atomic E-state index is -0.178. The Bertz CT molecular complexity index is 750. The summed E-state index contributed by atoms with van der Waals surface area (Å²) in [6.07, 6.45) is 4.02. The summed E-state index contributed by atoms with van der Waals surface area (Å²) >= 11 is 0. The highest BCUT2D eigenvalue weighted by Crippen LogP contribution is 2.46. The maximum atomic E-state index is 12.6. The van der Waals surface area contributed by atoms with Gasteiger partial charge in [0.05, 0.1) is 5.52 Å². The molecule has 0 spiro atoms. The van der Waals surface area contributed by atoms with Gasteiger partial charge in [0.1, 0.15) is 11.2 Å². The summed E-state index contributed by atoms with van der Waals surface area (Å²) in [7, 11) is 1.91. The molecule has 1 amide bonds. The molecule has 2 heterocycles. The van der Waals surface area contributed by atoms with Crippen LogP contribution in [0.4, 0.5) is 0 Å². The number of H-pyrrole nitrogens is 1. The Balaban J connectivity index is 2.19. The van der Waals surface area contributed by atoms with Crippen LogP contribution in [-0.2, 0) is 12.5 Å². The third kappa shape index (κ3) is 1.85. The molecule has 2 N–H and O–H groups in total. The van der Waals surface area contributed by atoms with Crippen LogP contribution in [0.15, 0.2) is 17.1 Å². The smallest absolute Gasteiger partial charge is 0.267 e. The van der Waals surface area contributed by atoms with Crippen molar-refractivity contribution in [3.63, 3.8) is 0 Å². The highest BCUT2D eigenvalue weighted by Gasteiger charge is 2.41. The fourth-order valence-electron chi connectivity index (χ4n) is 2.62. The number of amides is 1. The SMILES string of the molecule is CCNC(=O)c1cc2c([nH]1)c(=O)c(C1(C)CC1)cn2C. The summed E-state index contributed by atoms with van der Waals surface area (Å²) in [4.78, 5) is 27.4. The van der Waals surface area contributed by atoms with Crippen molar-refractivity contribution < 1.29 is 4.79 Å². The van der Waals surface area contributed by atoms with Crippen LogP contribution in [-0.4, -0.2) is 22.0 Å². The zero-order valence-electron chi connectivity index (χ0n) is 12.0. The maximum Gasteiger partial charge on any atom is 0.267 e. The lowest BCUT2D eigenvalue weighted by atomic mass is 9.99. The van der Waals surface area contributed by atoms with Crippen molar-refractivity contribution >= 4 is 16.9 Å². The average Bonchev–Trinajstić information content (AvgIpc) is 2.99. The van der Waals surface area contributed by atoms with Crippen molar-refractivity contribution in [2.24, 2.45) is 7.05 Å². The van der Waals surface area contributed by atoms with E-state index in [4.69, 9.17) is 0 Å². The predicted octanol–water partition coefficient (Wildman–Crippen LogP) is 1.67. The molecule has 1 aliphatic carbocycles. The van der Waals surface area contributed by atoms with E-state index in [0.29, 0.717) is 17.8 Å². The minimum absolute atomic E-state index is 0.0139. The lowest BCUT2D eigenvalue weighted by molar-refractivity contribution is 0.0951. The molecule has 2 aromatic heterocycles. The Morgan fingerprint density at radius 1 is 1.50 bits per heavy atom. The number of hydrogen-bond acceptors (Lipinski definition) is 2. The Hall–Kier alpha value is -2.04. The second-order valence-electron chi connectivity index (χ2n) is 5.85. The predicted molar refractivity (Wildman–Crippen MR) is 78.1 cm³/mol. The van der Waals surface area contributed by atoms with Gasteiger partial charge >= 0.3 is 0 Å². The van der Waals surface area contributed by atoms with Gasteiger partial charge in [0.15, 0.2) is 0 Å². The van der Waals surface area contributed by atoms with Gasteiger partial charge in [-0.1, -0.05) is 6.92 Å². The van der Waals surface area contributed by atoms with Crippen molar-refractivity contribution in [3.05, 3.63) is 33.7 Å². The first-order chi connectivity index (χ1) is 9.46. The molecule has 2 aromatic rings. The Labute approximate surface area is 117 Å². The molecule has 0 bridgehead atoms. The number of aromatic nitrogens is 2. The Morgan fingerprint density at radius 2 is 2.20 bits per heavy atom. The molecule has 1 aliphatic rings. The zero-order chi connectivity index (χ0) is 14.5. The molecule has 0 saturated heterocycles. The number of aryl methyl sites for hydroxylation is 1. The lowest BCUT2D eigenvalue weighted by Gasteiger charge is -2.10. The van der Waals surface area contributed by atoms with Gasteiger partial charge in [-0.05, 0) is 31.2 Å². The second-order valence-corrected chi connectivity index (χ2v) is 5.85. The molecular formula is C15H19N3O2. The molecule has 3 rings (SSSR count). The zero-order valence-corrected chi connectivity index (χ0v) is 12.0. The largest absolute Gasteiger partial charge is 0.351 e. The standard InChI is InChI=1S/C15H19N3O2/c1-4-16-14(20)10-7-11-12(17-10)13(19)9(8-18(11)3)15(2)5-6-15/h7-8,17H,4-6H2,1-3H3,(H,16,20). The number of carbonyl (C=O) groups excluding carboxylic acids is 1. The topological polar surface area (TPSA) is 66.9 Å². The number of aromatic amines is 1. The lowest BCUT2D eigenvalue weighted by Crippen LogP contribution is -2.23. The van der Waals surface area contributed by atoms with E-state index in [-0.39, 0.29) is 16.8 Å². The van der Waals surface area contributed by atoms with Gasteiger partial charge in [0.25, 0.3) is 5.91 Å².